The maximum atomic E-state index is 13.8. The molecule has 1 fully saturated rings. The largest absolute Gasteiger partial charge is 0.480 e. The Hall–Kier alpha value is -3.56. The highest BCUT2D eigenvalue weighted by molar-refractivity contribution is 5.90. The summed E-state index contributed by atoms with van der Waals surface area (Å²) in [4.78, 5) is 37.6. The van der Waals surface area contributed by atoms with Crippen LogP contribution in [0.2, 0.25) is 0 Å². The van der Waals surface area contributed by atoms with Crippen molar-refractivity contribution in [2.24, 2.45) is 5.92 Å². The normalized spacial score (nSPS) is 20.5. The van der Waals surface area contributed by atoms with E-state index in [1.807, 2.05) is 48.5 Å². The molecule has 1 heterocycles. The summed E-state index contributed by atoms with van der Waals surface area (Å²) in [5, 5.41) is 11.1. The Morgan fingerprint density at radius 3 is 2.20 bits per heavy atom. The van der Waals surface area contributed by atoms with Crippen LogP contribution in [0.15, 0.2) is 48.5 Å². The van der Waals surface area contributed by atoms with Crippen LogP contribution in [-0.4, -0.2) is 59.4 Å². The minimum absolute atomic E-state index is 0.140. The van der Waals surface area contributed by atoms with E-state index in [1.165, 1.54) is 0 Å². The van der Waals surface area contributed by atoms with Gasteiger partial charge in [-0.05, 0) is 41.0 Å². The zero-order valence-electron chi connectivity index (χ0n) is 18.9. The number of alkyl carbamates (subject to hydrolysis) is 1. The Kier molecular flexibility index (Phi) is 6.73. The first kappa shape index (κ1) is 24.6. The van der Waals surface area contributed by atoms with Gasteiger partial charge in [-0.1, -0.05) is 55.5 Å². The Balaban J connectivity index is 1.48. The number of benzene rings is 2. The quantitative estimate of drug-likeness (QED) is 0.656. The minimum atomic E-state index is -5.13. The zero-order valence-corrected chi connectivity index (χ0v) is 18.9. The number of rotatable bonds is 5. The average molecular weight is 490 g/mol. The lowest BCUT2D eigenvalue weighted by Gasteiger charge is -2.39. The Bertz CT molecular complexity index is 1090. The number of amides is 2. The molecule has 2 N–H and O–H groups in total. The summed E-state index contributed by atoms with van der Waals surface area (Å²) in [6, 6.07) is 10.7. The fourth-order valence-electron chi connectivity index (χ4n) is 5.02. The van der Waals surface area contributed by atoms with Gasteiger partial charge >= 0.3 is 18.2 Å². The van der Waals surface area contributed by atoms with Gasteiger partial charge in [0.05, 0.1) is 0 Å². The van der Waals surface area contributed by atoms with Crippen LogP contribution < -0.4 is 5.32 Å². The van der Waals surface area contributed by atoms with Crippen LogP contribution >= 0.6 is 0 Å². The van der Waals surface area contributed by atoms with Crippen molar-refractivity contribution < 1.29 is 37.4 Å². The van der Waals surface area contributed by atoms with E-state index in [0.717, 1.165) is 22.3 Å². The molecule has 35 heavy (non-hydrogen) atoms. The van der Waals surface area contributed by atoms with Crippen molar-refractivity contribution in [2.45, 2.75) is 43.9 Å². The van der Waals surface area contributed by atoms with E-state index in [0.29, 0.717) is 17.7 Å². The fraction of sp³-hybridized carbons (Fsp3) is 0.400. The summed E-state index contributed by atoms with van der Waals surface area (Å²) in [6.45, 7) is 1.20. The van der Waals surface area contributed by atoms with E-state index in [4.69, 9.17) is 4.74 Å². The van der Waals surface area contributed by atoms with Crippen LogP contribution in [0.3, 0.4) is 0 Å². The number of carbonyl (C=O) groups excluding carboxylic acids is 2. The monoisotopic (exact) mass is 490 g/mol. The van der Waals surface area contributed by atoms with Crippen molar-refractivity contribution in [1.29, 1.82) is 0 Å². The Morgan fingerprint density at radius 1 is 1.09 bits per heavy atom. The molecule has 1 aliphatic carbocycles. The molecule has 3 unspecified atom stereocenters. The second-order valence-corrected chi connectivity index (χ2v) is 8.88. The number of alkyl halides is 3. The predicted octanol–water partition coefficient (Wildman–Crippen LogP) is 4.17. The van der Waals surface area contributed by atoms with Gasteiger partial charge in [0, 0.05) is 12.5 Å². The molecule has 0 spiro atoms. The molecule has 2 aromatic rings. The van der Waals surface area contributed by atoms with Gasteiger partial charge in [-0.3, -0.25) is 4.79 Å². The number of nitrogens with one attached hydrogen (secondary N) is 1. The van der Waals surface area contributed by atoms with Gasteiger partial charge in [0.2, 0.25) is 6.04 Å². The molecule has 3 atom stereocenters. The predicted molar refractivity (Wildman–Crippen MR) is 120 cm³/mol. The number of ether oxygens (including phenoxy) is 1. The summed E-state index contributed by atoms with van der Waals surface area (Å²) in [6.07, 6.45) is -5.70. The first-order valence-corrected chi connectivity index (χ1v) is 11.3. The van der Waals surface area contributed by atoms with Gasteiger partial charge in [0.1, 0.15) is 12.6 Å². The van der Waals surface area contributed by atoms with E-state index in [2.05, 4.69) is 0 Å². The fourth-order valence-corrected chi connectivity index (χ4v) is 5.02. The molecular formula is C25H25F3N2O5. The lowest BCUT2D eigenvalue weighted by atomic mass is 9.90. The maximum Gasteiger partial charge on any atom is 0.417 e. The smallest absolute Gasteiger partial charge is 0.417 e. The van der Waals surface area contributed by atoms with Crippen LogP contribution in [0.5, 0.6) is 0 Å². The number of nitrogens with zero attached hydrogens (tertiary/aromatic N) is 1. The lowest BCUT2D eigenvalue weighted by Crippen LogP contribution is -2.61. The van der Waals surface area contributed by atoms with Crippen molar-refractivity contribution in [1.82, 2.24) is 10.2 Å². The molecule has 10 heteroatoms. The molecule has 0 radical (unpaired) electrons. The van der Waals surface area contributed by atoms with Crippen LogP contribution in [0.1, 0.15) is 36.8 Å². The summed E-state index contributed by atoms with van der Waals surface area (Å²) in [5.74, 6) is -3.78. The number of halogens is 3. The molecular weight excluding hydrogens is 465 g/mol. The molecule has 2 amide bonds. The molecule has 0 saturated carbocycles. The number of piperidine rings is 1. The molecule has 2 aromatic carbocycles. The number of hydrogen-bond donors (Lipinski definition) is 2. The number of aliphatic carboxylic acids is 1. The van der Waals surface area contributed by atoms with Crippen LogP contribution in [0.25, 0.3) is 11.1 Å². The third kappa shape index (κ3) is 4.82. The number of fused-ring (bicyclic) bond motifs is 3. The van der Waals surface area contributed by atoms with Gasteiger partial charge < -0.3 is 20.1 Å². The van der Waals surface area contributed by atoms with Crippen molar-refractivity contribution in [3.8, 4) is 11.1 Å². The number of carboxylic acid groups (broad SMARTS) is 1. The second-order valence-electron chi connectivity index (χ2n) is 8.88. The standard InChI is InChI=1S/C25H25F3N2O5/c1-14-7-6-12-30(20(14)23(32)33)22(31)21(25(26,27)28)29-24(34)35-13-19-17-10-4-2-8-15(17)16-9-3-5-11-18(16)19/h2-5,8-11,14,19-21H,6-7,12-13H2,1H3,(H,29,34)(H,32,33). The molecule has 2 aliphatic rings. The molecule has 186 valence electrons. The Labute approximate surface area is 199 Å². The number of carbonyl (C=O) groups is 3. The van der Waals surface area contributed by atoms with Gasteiger partial charge in [-0.2, -0.15) is 13.2 Å². The molecule has 1 aliphatic heterocycles. The molecule has 0 bridgehead atoms. The zero-order chi connectivity index (χ0) is 25.3. The summed E-state index contributed by atoms with van der Waals surface area (Å²) < 4.78 is 46.5. The maximum absolute atomic E-state index is 13.8. The van der Waals surface area contributed by atoms with E-state index in [9.17, 15) is 32.7 Å². The van der Waals surface area contributed by atoms with E-state index in [1.54, 1.807) is 12.2 Å². The van der Waals surface area contributed by atoms with Crippen LogP contribution in [-0.2, 0) is 14.3 Å². The summed E-state index contributed by atoms with van der Waals surface area (Å²) in [7, 11) is 0. The third-order valence-corrected chi connectivity index (χ3v) is 6.65. The van der Waals surface area contributed by atoms with Gasteiger partial charge in [0.25, 0.3) is 5.91 Å². The van der Waals surface area contributed by atoms with Crippen molar-refractivity contribution in [3.05, 3.63) is 59.7 Å². The van der Waals surface area contributed by atoms with Crippen LogP contribution in [0.4, 0.5) is 18.0 Å². The highest BCUT2D eigenvalue weighted by Crippen LogP contribution is 2.44. The van der Waals surface area contributed by atoms with E-state index >= 15 is 0 Å². The van der Waals surface area contributed by atoms with Crippen molar-refractivity contribution in [2.75, 3.05) is 13.2 Å². The highest BCUT2D eigenvalue weighted by Gasteiger charge is 2.51. The minimum Gasteiger partial charge on any atom is -0.480 e. The first-order chi connectivity index (χ1) is 16.6. The van der Waals surface area contributed by atoms with Gasteiger partial charge in [0.15, 0.2) is 0 Å². The third-order valence-electron chi connectivity index (χ3n) is 6.65. The van der Waals surface area contributed by atoms with E-state index in [-0.39, 0.29) is 19.1 Å². The molecule has 7 nitrogen and oxygen atoms in total. The SMILES string of the molecule is CC1CCCN(C(=O)C(NC(=O)OCC2c3ccccc3-c3ccccc32)C(F)(F)F)C1C(=O)O. The summed E-state index contributed by atoms with van der Waals surface area (Å²) >= 11 is 0. The number of hydrogen-bond acceptors (Lipinski definition) is 4. The van der Waals surface area contributed by atoms with Crippen molar-refractivity contribution in [3.63, 3.8) is 0 Å². The number of carboxylic acids is 1. The lowest BCUT2D eigenvalue weighted by molar-refractivity contribution is -0.180. The molecule has 1 saturated heterocycles. The molecule has 4 rings (SSSR count). The van der Waals surface area contributed by atoms with Crippen molar-refractivity contribution >= 4 is 18.0 Å². The van der Waals surface area contributed by atoms with Gasteiger partial charge in [-0.25, -0.2) is 9.59 Å². The summed E-state index contributed by atoms with van der Waals surface area (Å²) in [5.41, 5.74) is 3.69. The van der Waals surface area contributed by atoms with Crippen LogP contribution in [0, 0.1) is 5.92 Å². The highest BCUT2D eigenvalue weighted by atomic mass is 19.4. The topological polar surface area (TPSA) is 95.9 Å². The van der Waals surface area contributed by atoms with E-state index < -0.39 is 42.1 Å². The second kappa shape index (κ2) is 9.59. The Morgan fingerprint density at radius 2 is 1.66 bits per heavy atom. The van der Waals surface area contributed by atoms with Gasteiger partial charge in [-0.15, -0.1) is 0 Å². The molecule has 0 aromatic heterocycles. The first-order valence-electron chi connectivity index (χ1n) is 11.3. The average Bonchev–Trinajstić information content (AvgIpc) is 3.13. The number of likely N-dealkylation sites (tertiary alicyclic amines) is 1.